The van der Waals surface area contributed by atoms with Crippen LogP contribution in [0.4, 0.5) is 13.2 Å². The average Bonchev–Trinajstić information content (AvgIpc) is 2.26. The minimum Gasteiger partial charge on any atom is -0.458 e. The van der Waals surface area contributed by atoms with Crippen LogP contribution in [0.5, 0.6) is 0 Å². The number of esters is 1. The molecule has 0 heterocycles. The molecule has 0 aliphatic carbocycles. The van der Waals surface area contributed by atoms with Gasteiger partial charge >= 0.3 is 12.1 Å². The quantitative estimate of drug-likeness (QED) is 0.867. The Balaban J connectivity index is 2.96. The molecule has 0 fully saturated rings. The van der Waals surface area contributed by atoms with Crippen molar-refractivity contribution >= 4 is 5.97 Å². The van der Waals surface area contributed by atoms with Crippen LogP contribution < -0.4 is 5.73 Å². The molecule has 0 aromatic heterocycles. The van der Waals surface area contributed by atoms with Gasteiger partial charge in [-0.1, -0.05) is 18.2 Å². The first kappa shape index (κ1) is 16.5. The Hall–Kier alpha value is -1.56. The van der Waals surface area contributed by atoms with E-state index in [0.29, 0.717) is 0 Å². The fourth-order valence-corrected chi connectivity index (χ4v) is 1.81. The summed E-state index contributed by atoms with van der Waals surface area (Å²) in [7, 11) is 0. The first-order valence-corrected chi connectivity index (χ1v) is 6.16. The molecule has 1 atom stereocenters. The maximum atomic E-state index is 12.9. The molecule has 20 heavy (non-hydrogen) atoms. The number of rotatable bonds is 4. The lowest BCUT2D eigenvalue weighted by molar-refractivity contribution is -0.157. The predicted molar refractivity (Wildman–Crippen MR) is 69.0 cm³/mol. The van der Waals surface area contributed by atoms with E-state index in [4.69, 9.17) is 10.5 Å². The van der Waals surface area contributed by atoms with Gasteiger partial charge in [-0.15, -0.1) is 0 Å². The van der Waals surface area contributed by atoms with E-state index in [-0.39, 0.29) is 12.0 Å². The van der Waals surface area contributed by atoms with Crippen LogP contribution in [0.1, 0.15) is 31.9 Å². The van der Waals surface area contributed by atoms with Crippen LogP contribution in [0.3, 0.4) is 0 Å². The van der Waals surface area contributed by atoms with Crippen LogP contribution in [-0.2, 0) is 22.1 Å². The third kappa shape index (κ3) is 4.52. The summed E-state index contributed by atoms with van der Waals surface area (Å²) in [6.45, 7) is 4.57. The third-order valence-corrected chi connectivity index (χ3v) is 2.69. The molecule has 3 nitrogen and oxygen atoms in total. The summed E-state index contributed by atoms with van der Waals surface area (Å²) >= 11 is 0. The van der Waals surface area contributed by atoms with Gasteiger partial charge in [0, 0.05) is 6.42 Å². The Morgan fingerprint density at radius 1 is 1.30 bits per heavy atom. The molecule has 6 heteroatoms. The van der Waals surface area contributed by atoms with E-state index in [1.54, 1.807) is 13.8 Å². The van der Waals surface area contributed by atoms with Crippen molar-refractivity contribution in [1.82, 2.24) is 0 Å². The van der Waals surface area contributed by atoms with E-state index in [9.17, 15) is 18.0 Å². The van der Waals surface area contributed by atoms with Gasteiger partial charge in [0.2, 0.25) is 0 Å². The molecule has 0 aliphatic rings. The van der Waals surface area contributed by atoms with Gasteiger partial charge in [-0.2, -0.15) is 13.2 Å². The van der Waals surface area contributed by atoms with Gasteiger partial charge in [0.15, 0.2) is 0 Å². The molecule has 2 N–H and O–H groups in total. The number of carbonyl (C=O) groups excluding carboxylic acids is 1. The van der Waals surface area contributed by atoms with Crippen molar-refractivity contribution in [3.8, 4) is 0 Å². The number of alkyl halides is 3. The second-order valence-corrected chi connectivity index (χ2v) is 5.30. The number of hydrogen-bond donors (Lipinski definition) is 1. The molecule has 0 spiro atoms. The summed E-state index contributed by atoms with van der Waals surface area (Å²) < 4.78 is 43.8. The Bertz CT molecular complexity index is 482. The summed E-state index contributed by atoms with van der Waals surface area (Å²) in [4.78, 5) is 11.5. The molecule has 1 rings (SSSR count). The van der Waals surface area contributed by atoms with Crippen molar-refractivity contribution in [2.45, 2.75) is 45.0 Å². The molecule has 0 saturated carbocycles. The lowest BCUT2D eigenvalue weighted by Crippen LogP contribution is -2.38. The predicted octanol–water partition coefficient (Wildman–Crippen LogP) is 2.92. The van der Waals surface area contributed by atoms with Crippen LogP contribution in [0, 0.1) is 0 Å². The molecular weight excluding hydrogens is 271 g/mol. The highest BCUT2D eigenvalue weighted by molar-refractivity contribution is 5.75. The summed E-state index contributed by atoms with van der Waals surface area (Å²) in [6.07, 6.45) is -4.47. The number of benzene rings is 1. The van der Waals surface area contributed by atoms with Gasteiger partial charge in [-0.3, -0.25) is 4.79 Å². The van der Waals surface area contributed by atoms with Crippen molar-refractivity contribution in [2.24, 2.45) is 5.73 Å². The monoisotopic (exact) mass is 289 g/mol. The zero-order chi connectivity index (χ0) is 15.6. The molecule has 0 aliphatic heterocycles. The lowest BCUT2D eigenvalue weighted by Gasteiger charge is -2.27. The highest BCUT2D eigenvalue weighted by atomic mass is 19.4. The maximum Gasteiger partial charge on any atom is 0.416 e. The van der Waals surface area contributed by atoms with Crippen molar-refractivity contribution in [2.75, 3.05) is 0 Å². The Labute approximate surface area is 115 Å². The van der Waals surface area contributed by atoms with Crippen LogP contribution >= 0.6 is 0 Å². The minimum absolute atomic E-state index is 0.0405. The maximum absolute atomic E-state index is 12.9. The van der Waals surface area contributed by atoms with E-state index in [1.807, 2.05) is 0 Å². The minimum atomic E-state index is -4.43. The standard InChI is InChI=1S/C14H18F3NO2/c1-9(18)12(19)20-13(2,3)8-10-6-4-5-7-11(10)14(15,16)17/h4-7,9H,8,18H2,1-3H3. The van der Waals surface area contributed by atoms with Crippen molar-refractivity contribution in [1.29, 1.82) is 0 Å². The van der Waals surface area contributed by atoms with Gasteiger partial charge in [-0.05, 0) is 32.4 Å². The first-order chi connectivity index (χ1) is 9.03. The van der Waals surface area contributed by atoms with E-state index >= 15 is 0 Å². The van der Waals surface area contributed by atoms with Crippen LogP contribution in [-0.4, -0.2) is 17.6 Å². The molecule has 112 valence electrons. The third-order valence-electron chi connectivity index (χ3n) is 2.69. The Morgan fingerprint density at radius 2 is 1.85 bits per heavy atom. The van der Waals surface area contributed by atoms with Gasteiger partial charge in [0.25, 0.3) is 0 Å². The molecule has 0 amide bonds. The number of ether oxygens (including phenoxy) is 1. The normalized spacial score (nSPS) is 13.9. The second kappa shape index (κ2) is 5.83. The highest BCUT2D eigenvalue weighted by Crippen LogP contribution is 2.33. The number of hydrogen-bond acceptors (Lipinski definition) is 3. The van der Waals surface area contributed by atoms with Crippen molar-refractivity contribution < 1.29 is 22.7 Å². The molecule has 1 aromatic carbocycles. The lowest BCUT2D eigenvalue weighted by atomic mass is 9.94. The molecule has 1 unspecified atom stereocenters. The topological polar surface area (TPSA) is 52.3 Å². The molecule has 1 aromatic rings. The Kier molecular flexibility index (Phi) is 4.81. The zero-order valence-corrected chi connectivity index (χ0v) is 11.6. The van der Waals surface area contributed by atoms with E-state index in [1.165, 1.54) is 25.1 Å². The number of halogens is 3. The summed E-state index contributed by atoms with van der Waals surface area (Å²) in [5.41, 5.74) is 3.69. The number of nitrogens with two attached hydrogens (primary N) is 1. The number of carbonyl (C=O) groups is 1. The van der Waals surface area contributed by atoms with Gasteiger partial charge in [0.05, 0.1) is 5.56 Å². The molecule has 0 saturated heterocycles. The van der Waals surface area contributed by atoms with E-state index < -0.39 is 29.4 Å². The molecule has 0 bridgehead atoms. The fraction of sp³-hybridized carbons (Fsp3) is 0.500. The van der Waals surface area contributed by atoms with Gasteiger partial charge in [-0.25, -0.2) is 0 Å². The molecular formula is C14H18F3NO2. The Morgan fingerprint density at radius 3 is 2.35 bits per heavy atom. The largest absolute Gasteiger partial charge is 0.458 e. The van der Waals surface area contributed by atoms with E-state index in [2.05, 4.69) is 0 Å². The van der Waals surface area contributed by atoms with E-state index in [0.717, 1.165) is 6.07 Å². The zero-order valence-electron chi connectivity index (χ0n) is 11.6. The van der Waals surface area contributed by atoms with Crippen molar-refractivity contribution in [3.63, 3.8) is 0 Å². The van der Waals surface area contributed by atoms with Gasteiger partial charge in [0.1, 0.15) is 11.6 Å². The van der Waals surface area contributed by atoms with Crippen LogP contribution in [0.2, 0.25) is 0 Å². The second-order valence-electron chi connectivity index (χ2n) is 5.30. The SMILES string of the molecule is CC(N)C(=O)OC(C)(C)Cc1ccccc1C(F)(F)F. The summed E-state index contributed by atoms with van der Waals surface area (Å²) in [5, 5.41) is 0. The average molecular weight is 289 g/mol. The highest BCUT2D eigenvalue weighted by Gasteiger charge is 2.35. The fourth-order valence-electron chi connectivity index (χ4n) is 1.81. The smallest absolute Gasteiger partial charge is 0.416 e. The van der Waals surface area contributed by atoms with Gasteiger partial charge < -0.3 is 10.5 Å². The van der Waals surface area contributed by atoms with Crippen LogP contribution in [0.15, 0.2) is 24.3 Å². The summed E-state index contributed by atoms with van der Waals surface area (Å²) in [5.74, 6) is -0.639. The van der Waals surface area contributed by atoms with Crippen LogP contribution in [0.25, 0.3) is 0 Å². The van der Waals surface area contributed by atoms with Crippen molar-refractivity contribution in [3.05, 3.63) is 35.4 Å². The molecule has 0 radical (unpaired) electrons. The summed E-state index contributed by atoms with van der Waals surface area (Å²) in [6, 6.07) is 4.43. The first-order valence-electron chi connectivity index (χ1n) is 6.16.